The maximum atomic E-state index is 5.70. The van der Waals surface area contributed by atoms with Gasteiger partial charge in [-0.05, 0) is 12.1 Å². The third-order valence-corrected chi connectivity index (χ3v) is 2.23. The molecule has 0 atom stereocenters. The summed E-state index contributed by atoms with van der Waals surface area (Å²) in [6, 6.07) is 4.08. The molecular weight excluding hydrogens is 177 g/mol. The number of imidazole rings is 1. The highest BCUT2D eigenvalue weighted by molar-refractivity contribution is 6.36. The Bertz CT molecular complexity index is 492. The number of aryl methyl sites for hydroxylation is 1. The summed E-state index contributed by atoms with van der Waals surface area (Å²) in [5, 5.41) is 0. The number of methoxy groups -OCH3 is 1. The van der Waals surface area contributed by atoms with E-state index in [-0.39, 0.29) is 0 Å². The highest BCUT2D eigenvalue weighted by Crippen LogP contribution is 2.20. The standard InChI is InChI=1S/C9H10BN3O/c1-13-8-4-6(11)5(10)3-7(8)12-9(13)14-2/h3-4H,11H2,1-2H3. The fraction of sp³-hybridized carbons (Fsp3) is 0.222. The maximum absolute atomic E-state index is 5.70. The summed E-state index contributed by atoms with van der Waals surface area (Å²) in [7, 11) is 9.11. The van der Waals surface area contributed by atoms with Crippen LogP contribution in [0.25, 0.3) is 11.0 Å². The van der Waals surface area contributed by atoms with E-state index in [2.05, 4.69) is 4.98 Å². The van der Waals surface area contributed by atoms with Crippen molar-refractivity contribution in [3.8, 4) is 6.01 Å². The molecule has 0 amide bonds. The number of hydrogen-bond acceptors (Lipinski definition) is 3. The number of fused-ring (bicyclic) bond motifs is 1. The number of hydrogen-bond donors (Lipinski definition) is 1. The molecule has 0 fully saturated rings. The topological polar surface area (TPSA) is 53.1 Å². The Labute approximate surface area is 83.1 Å². The van der Waals surface area contributed by atoms with Crippen molar-refractivity contribution in [2.24, 2.45) is 7.05 Å². The molecule has 14 heavy (non-hydrogen) atoms. The van der Waals surface area contributed by atoms with Gasteiger partial charge in [-0.15, -0.1) is 0 Å². The number of nitrogens with two attached hydrogens (primary N) is 1. The number of rotatable bonds is 1. The molecule has 0 aliphatic carbocycles. The van der Waals surface area contributed by atoms with Crippen molar-refractivity contribution in [1.82, 2.24) is 9.55 Å². The predicted octanol–water partition coefficient (Wildman–Crippen LogP) is -0.0421. The number of benzene rings is 1. The molecule has 0 aliphatic rings. The Balaban J connectivity index is 2.80. The number of nitrogen functional groups attached to an aromatic ring is 1. The van der Waals surface area contributed by atoms with Gasteiger partial charge >= 0.3 is 0 Å². The highest BCUT2D eigenvalue weighted by Gasteiger charge is 2.08. The number of aromatic nitrogens is 2. The van der Waals surface area contributed by atoms with E-state index in [9.17, 15) is 0 Å². The minimum Gasteiger partial charge on any atom is -0.468 e. The predicted molar refractivity (Wildman–Crippen MR) is 57.1 cm³/mol. The van der Waals surface area contributed by atoms with Crippen molar-refractivity contribution in [3.63, 3.8) is 0 Å². The van der Waals surface area contributed by atoms with Crippen molar-refractivity contribution < 1.29 is 4.74 Å². The van der Waals surface area contributed by atoms with Gasteiger partial charge in [-0.2, -0.15) is 4.98 Å². The Morgan fingerprint density at radius 1 is 1.50 bits per heavy atom. The van der Waals surface area contributed by atoms with Gasteiger partial charge < -0.3 is 10.5 Å². The van der Waals surface area contributed by atoms with Gasteiger partial charge in [0.2, 0.25) is 0 Å². The Hall–Kier alpha value is -1.65. The summed E-state index contributed by atoms with van der Waals surface area (Å²) >= 11 is 0. The fourth-order valence-electron chi connectivity index (χ4n) is 1.43. The molecule has 1 heterocycles. The summed E-state index contributed by atoms with van der Waals surface area (Å²) in [6.45, 7) is 0. The highest BCUT2D eigenvalue weighted by atomic mass is 16.5. The smallest absolute Gasteiger partial charge is 0.296 e. The molecule has 1 aromatic carbocycles. The summed E-state index contributed by atoms with van der Waals surface area (Å²) in [6.07, 6.45) is 0. The van der Waals surface area contributed by atoms with Gasteiger partial charge in [-0.25, -0.2) is 0 Å². The van der Waals surface area contributed by atoms with Crippen LogP contribution >= 0.6 is 0 Å². The first kappa shape index (κ1) is 8.93. The van der Waals surface area contributed by atoms with Crippen LogP contribution < -0.4 is 15.9 Å². The molecule has 2 rings (SSSR count). The van der Waals surface area contributed by atoms with Crippen LogP contribution in [-0.2, 0) is 7.05 Å². The Morgan fingerprint density at radius 2 is 2.21 bits per heavy atom. The lowest BCUT2D eigenvalue weighted by atomic mass is 9.94. The molecule has 4 nitrogen and oxygen atoms in total. The van der Waals surface area contributed by atoms with Crippen LogP contribution in [0, 0.1) is 0 Å². The van der Waals surface area contributed by atoms with Crippen molar-refractivity contribution in [2.75, 3.05) is 12.8 Å². The van der Waals surface area contributed by atoms with Crippen LogP contribution in [0.5, 0.6) is 6.01 Å². The first-order valence-corrected chi connectivity index (χ1v) is 4.19. The first-order valence-electron chi connectivity index (χ1n) is 4.19. The second-order valence-electron chi connectivity index (χ2n) is 3.13. The van der Waals surface area contributed by atoms with Gasteiger partial charge in [-0.3, -0.25) is 4.57 Å². The van der Waals surface area contributed by atoms with Crippen LogP contribution in [0.4, 0.5) is 5.69 Å². The molecule has 5 heteroatoms. The van der Waals surface area contributed by atoms with Gasteiger partial charge in [0.1, 0.15) is 7.85 Å². The van der Waals surface area contributed by atoms with Gasteiger partial charge in [0.25, 0.3) is 6.01 Å². The Kier molecular flexibility index (Phi) is 1.87. The third-order valence-electron chi connectivity index (χ3n) is 2.23. The van der Waals surface area contributed by atoms with Gasteiger partial charge in [0.15, 0.2) is 0 Å². The largest absolute Gasteiger partial charge is 0.468 e. The van der Waals surface area contributed by atoms with Crippen LogP contribution in [-0.4, -0.2) is 24.5 Å². The van der Waals surface area contributed by atoms with Gasteiger partial charge in [0.05, 0.1) is 18.1 Å². The number of nitrogens with zero attached hydrogens (tertiary/aromatic N) is 2. The second kappa shape index (κ2) is 2.94. The lowest BCUT2D eigenvalue weighted by Crippen LogP contribution is -2.09. The molecule has 0 spiro atoms. The monoisotopic (exact) mass is 187 g/mol. The van der Waals surface area contributed by atoms with Crippen LogP contribution in [0.15, 0.2) is 12.1 Å². The zero-order valence-electron chi connectivity index (χ0n) is 8.11. The second-order valence-corrected chi connectivity index (χ2v) is 3.13. The van der Waals surface area contributed by atoms with Crippen LogP contribution in [0.3, 0.4) is 0 Å². The van der Waals surface area contributed by atoms with Crippen molar-refractivity contribution in [2.45, 2.75) is 0 Å². The molecule has 0 saturated carbocycles. The zero-order chi connectivity index (χ0) is 10.3. The van der Waals surface area contributed by atoms with E-state index in [1.165, 1.54) is 0 Å². The summed E-state index contributed by atoms with van der Waals surface area (Å²) < 4.78 is 6.90. The number of anilines is 1. The quantitative estimate of drug-likeness (QED) is 0.503. The molecule has 70 valence electrons. The van der Waals surface area contributed by atoms with Gasteiger partial charge in [0, 0.05) is 12.7 Å². The lowest BCUT2D eigenvalue weighted by molar-refractivity contribution is 0.368. The molecule has 2 radical (unpaired) electrons. The van der Waals surface area contributed by atoms with Crippen molar-refractivity contribution in [3.05, 3.63) is 12.1 Å². The van der Waals surface area contributed by atoms with Crippen LogP contribution in [0.1, 0.15) is 0 Å². The van der Waals surface area contributed by atoms with E-state index in [1.54, 1.807) is 19.2 Å². The van der Waals surface area contributed by atoms with Crippen LogP contribution in [0.2, 0.25) is 0 Å². The molecular formula is C9H10BN3O. The molecule has 0 saturated heterocycles. The molecule has 2 aromatic rings. The first-order chi connectivity index (χ1) is 6.63. The average molecular weight is 187 g/mol. The number of ether oxygens (including phenoxy) is 1. The normalized spacial score (nSPS) is 10.7. The molecule has 0 aliphatic heterocycles. The minimum absolute atomic E-state index is 0.540. The molecule has 1 aromatic heterocycles. The molecule has 0 unspecified atom stereocenters. The Morgan fingerprint density at radius 3 is 2.86 bits per heavy atom. The minimum atomic E-state index is 0.540. The summed E-state index contributed by atoms with van der Waals surface area (Å²) in [5.41, 5.74) is 8.50. The lowest BCUT2D eigenvalue weighted by Gasteiger charge is -2.01. The average Bonchev–Trinajstić information content (AvgIpc) is 2.45. The SMILES string of the molecule is [B]c1cc2nc(OC)n(C)c2cc1N. The summed E-state index contributed by atoms with van der Waals surface area (Å²) in [4.78, 5) is 4.24. The zero-order valence-corrected chi connectivity index (χ0v) is 8.11. The third kappa shape index (κ3) is 1.13. The molecule has 2 N–H and O–H groups in total. The van der Waals surface area contributed by atoms with E-state index in [4.69, 9.17) is 18.3 Å². The van der Waals surface area contributed by atoms with E-state index in [1.807, 2.05) is 11.6 Å². The van der Waals surface area contributed by atoms with E-state index in [0.29, 0.717) is 17.2 Å². The van der Waals surface area contributed by atoms with Crippen molar-refractivity contribution >= 4 is 30.0 Å². The fourth-order valence-corrected chi connectivity index (χ4v) is 1.43. The maximum Gasteiger partial charge on any atom is 0.296 e. The molecule has 0 bridgehead atoms. The van der Waals surface area contributed by atoms with Gasteiger partial charge in [-0.1, -0.05) is 5.46 Å². The van der Waals surface area contributed by atoms with E-state index < -0.39 is 0 Å². The van der Waals surface area contributed by atoms with E-state index in [0.717, 1.165) is 11.0 Å². The van der Waals surface area contributed by atoms with E-state index >= 15 is 0 Å². The van der Waals surface area contributed by atoms with Crippen molar-refractivity contribution in [1.29, 1.82) is 0 Å². The summed E-state index contributed by atoms with van der Waals surface area (Å²) in [5.74, 6) is 0.